The van der Waals surface area contributed by atoms with Gasteiger partial charge in [-0.15, -0.1) is 10.2 Å². The van der Waals surface area contributed by atoms with Gasteiger partial charge in [-0.1, -0.05) is 29.3 Å². The van der Waals surface area contributed by atoms with Crippen molar-refractivity contribution in [1.29, 1.82) is 0 Å². The molecule has 0 fully saturated rings. The molecule has 0 spiro atoms. The quantitative estimate of drug-likeness (QED) is 0.916. The molecule has 2 aromatic rings. The first-order valence-electron chi connectivity index (χ1n) is 5.77. The summed E-state index contributed by atoms with van der Waals surface area (Å²) in [5.41, 5.74) is 1.63. The van der Waals surface area contributed by atoms with Gasteiger partial charge in [-0.25, -0.2) is 0 Å². The van der Waals surface area contributed by atoms with Crippen molar-refractivity contribution in [3.05, 3.63) is 40.1 Å². The Bertz CT molecular complexity index is 608. The molecule has 0 aliphatic heterocycles. The number of methoxy groups -OCH3 is 2. The fourth-order valence-electron chi connectivity index (χ4n) is 1.66. The van der Waals surface area contributed by atoms with Crippen LogP contribution in [0.25, 0.3) is 0 Å². The molecule has 0 bridgehead atoms. The predicted octanol–water partition coefficient (Wildman–Crippen LogP) is 3.41. The second-order valence-corrected chi connectivity index (χ2v) is 4.66. The van der Waals surface area contributed by atoms with E-state index in [1.807, 2.05) is 18.2 Å². The Hall–Kier alpha value is -1.72. The number of halogens is 2. The number of ether oxygens (including phenoxy) is 2. The lowest BCUT2D eigenvalue weighted by Gasteiger charge is -2.11. The molecule has 5 nitrogen and oxygen atoms in total. The summed E-state index contributed by atoms with van der Waals surface area (Å²) in [5.74, 6) is 1.35. The molecule has 1 aromatic carbocycles. The summed E-state index contributed by atoms with van der Waals surface area (Å²) in [5, 5.41) is 11.1. The van der Waals surface area contributed by atoms with E-state index in [4.69, 9.17) is 32.7 Å². The molecule has 0 aliphatic carbocycles. The maximum atomic E-state index is 5.93. The monoisotopic (exact) mass is 313 g/mol. The van der Waals surface area contributed by atoms with Gasteiger partial charge in [0.05, 0.1) is 19.9 Å². The molecule has 0 amide bonds. The zero-order chi connectivity index (χ0) is 14.5. The van der Waals surface area contributed by atoms with Crippen molar-refractivity contribution in [3.63, 3.8) is 0 Å². The highest BCUT2D eigenvalue weighted by atomic mass is 35.5. The first-order valence-corrected chi connectivity index (χ1v) is 6.53. The Morgan fingerprint density at radius 2 is 1.80 bits per heavy atom. The third kappa shape index (κ3) is 3.43. The zero-order valence-corrected chi connectivity index (χ0v) is 12.5. The molecule has 7 heteroatoms. The highest BCUT2D eigenvalue weighted by Gasteiger charge is 2.07. The maximum Gasteiger partial charge on any atom is 0.174 e. The van der Waals surface area contributed by atoms with Crippen LogP contribution in [0.3, 0.4) is 0 Å². The summed E-state index contributed by atoms with van der Waals surface area (Å²) in [7, 11) is 3.19. The molecule has 0 saturated carbocycles. The largest absolute Gasteiger partial charge is 0.493 e. The molecule has 0 unspecified atom stereocenters. The molecule has 1 heterocycles. The molecule has 0 atom stereocenters. The molecular formula is C13H13Cl2N3O2. The average molecular weight is 314 g/mol. The molecule has 0 saturated heterocycles. The highest BCUT2D eigenvalue weighted by Crippen LogP contribution is 2.28. The number of rotatable bonds is 5. The second-order valence-electron chi connectivity index (χ2n) is 3.91. The van der Waals surface area contributed by atoms with Gasteiger partial charge in [-0.2, -0.15) is 0 Å². The van der Waals surface area contributed by atoms with Crippen LogP contribution in [0.5, 0.6) is 11.5 Å². The molecule has 1 aromatic heterocycles. The molecule has 2 rings (SSSR count). The number of nitrogens with zero attached hydrogens (tertiary/aromatic N) is 2. The number of benzene rings is 1. The van der Waals surface area contributed by atoms with Crippen molar-refractivity contribution in [3.8, 4) is 11.5 Å². The van der Waals surface area contributed by atoms with Crippen LogP contribution >= 0.6 is 23.2 Å². The normalized spacial score (nSPS) is 10.2. The predicted molar refractivity (Wildman–Crippen MR) is 78.9 cm³/mol. The number of aromatic nitrogens is 2. The first-order chi connectivity index (χ1) is 9.63. The minimum absolute atomic E-state index is 0.273. The van der Waals surface area contributed by atoms with Gasteiger partial charge >= 0.3 is 0 Å². The van der Waals surface area contributed by atoms with Gasteiger partial charge in [0.15, 0.2) is 21.8 Å². The van der Waals surface area contributed by atoms with Crippen LogP contribution in [-0.4, -0.2) is 24.4 Å². The summed E-state index contributed by atoms with van der Waals surface area (Å²) in [6.45, 7) is 0.544. The van der Waals surface area contributed by atoms with Crippen LogP contribution in [0.15, 0.2) is 24.3 Å². The summed E-state index contributed by atoms with van der Waals surface area (Å²) < 4.78 is 10.4. The van der Waals surface area contributed by atoms with E-state index in [1.54, 1.807) is 20.3 Å². The zero-order valence-electron chi connectivity index (χ0n) is 11.0. The van der Waals surface area contributed by atoms with E-state index in [0.717, 1.165) is 5.56 Å². The van der Waals surface area contributed by atoms with Crippen LogP contribution in [-0.2, 0) is 6.54 Å². The smallest absolute Gasteiger partial charge is 0.174 e. The van der Waals surface area contributed by atoms with Crippen LogP contribution in [0.1, 0.15) is 5.56 Å². The van der Waals surface area contributed by atoms with Crippen molar-refractivity contribution in [2.75, 3.05) is 19.5 Å². The Kier molecular flexibility index (Phi) is 4.87. The summed E-state index contributed by atoms with van der Waals surface area (Å²) >= 11 is 11.7. The number of nitrogens with one attached hydrogen (secondary N) is 1. The van der Waals surface area contributed by atoms with Gasteiger partial charge in [0.1, 0.15) is 0 Å². The van der Waals surface area contributed by atoms with Crippen LogP contribution < -0.4 is 14.8 Å². The van der Waals surface area contributed by atoms with Crippen molar-refractivity contribution >= 4 is 28.9 Å². The van der Waals surface area contributed by atoms with E-state index < -0.39 is 0 Å². The minimum Gasteiger partial charge on any atom is -0.493 e. The lowest BCUT2D eigenvalue weighted by atomic mass is 10.2. The molecule has 106 valence electrons. The molecule has 0 aliphatic rings. The maximum absolute atomic E-state index is 5.93. The number of hydrogen-bond acceptors (Lipinski definition) is 5. The van der Waals surface area contributed by atoms with Crippen molar-refractivity contribution in [2.24, 2.45) is 0 Å². The third-order valence-corrected chi connectivity index (χ3v) is 3.11. The fourth-order valence-corrected chi connectivity index (χ4v) is 1.97. The van der Waals surface area contributed by atoms with Crippen molar-refractivity contribution in [1.82, 2.24) is 10.2 Å². The van der Waals surface area contributed by atoms with Gasteiger partial charge in [-0.05, 0) is 17.7 Å². The van der Waals surface area contributed by atoms with E-state index in [2.05, 4.69) is 15.5 Å². The topological polar surface area (TPSA) is 56.3 Å². The van der Waals surface area contributed by atoms with E-state index in [0.29, 0.717) is 23.7 Å². The minimum atomic E-state index is 0.273. The standard InChI is InChI=1S/C13H13Cl2N3O2/c1-19-10-4-3-8(5-11(10)20-2)7-16-9-6-12(14)17-18-13(9)15/h3-6H,7H2,1-2H3,(H,16,17). The van der Waals surface area contributed by atoms with Crippen molar-refractivity contribution < 1.29 is 9.47 Å². The molecular weight excluding hydrogens is 301 g/mol. The number of hydrogen-bond donors (Lipinski definition) is 1. The Morgan fingerprint density at radius 1 is 1.05 bits per heavy atom. The third-order valence-electron chi connectivity index (χ3n) is 2.65. The lowest BCUT2D eigenvalue weighted by molar-refractivity contribution is 0.354. The van der Waals surface area contributed by atoms with Crippen LogP contribution in [0, 0.1) is 0 Å². The van der Waals surface area contributed by atoms with Crippen molar-refractivity contribution in [2.45, 2.75) is 6.54 Å². The lowest BCUT2D eigenvalue weighted by Crippen LogP contribution is -2.02. The Labute approximate surface area is 126 Å². The van der Waals surface area contributed by atoms with E-state index >= 15 is 0 Å². The van der Waals surface area contributed by atoms with E-state index in [1.165, 1.54) is 0 Å². The summed E-state index contributed by atoms with van der Waals surface area (Å²) in [6.07, 6.45) is 0. The van der Waals surface area contributed by atoms with Gasteiger partial charge in [0, 0.05) is 12.6 Å². The van der Waals surface area contributed by atoms with E-state index in [-0.39, 0.29) is 10.3 Å². The van der Waals surface area contributed by atoms with E-state index in [9.17, 15) is 0 Å². The molecule has 20 heavy (non-hydrogen) atoms. The van der Waals surface area contributed by atoms with Crippen LogP contribution in [0.4, 0.5) is 5.69 Å². The summed E-state index contributed by atoms with van der Waals surface area (Å²) in [6, 6.07) is 7.28. The number of anilines is 1. The second kappa shape index (κ2) is 6.63. The summed E-state index contributed by atoms with van der Waals surface area (Å²) in [4.78, 5) is 0. The van der Waals surface area contributed by atoms with Gasteiger partial charge in [0.2, 0.25) is 0 Å². The molecule has 1 N–H and O–H groups in total. The SMILES string of the molecule is COc1ccc(CNc2cc(Cl)nnc2Cl)cc1OC. The highest BCUT2D eigenvalue weighted by molar-refractivity contribution is 6.33. The fraction of sp³-hybridized carbons (Fsp3) is 0.231. The van der Waals surface area contributed by atoms with Gasteiger partial charge < -0.3 is 14.8 Å². The first kappa shape index (κ1) is 14.7. The Morgan fingerprint density at radius 3 is 2.50 bits per heavy atom. The van der Waals surface area contributed by atoms with Gasteiger partial charge in [0.25, 0.3) is 0 Å². The Balaban J connectivity index is 2.12. The van der Waals surface area contributed by atoms with Crippen LogP contribution in [0.2, 0.25) is 10.3 Å². The van der Waals surface area contributed by atoms with Gasteiger partial charge in [-0.3, -0.25) is 0 Å². The molecule has 0 radical (unpaired) electrons. The average Bonchev–Trinajstić information content (AvgIpc) is 2.47.